The Labute approximate surface area is 95.6 Å². The second-order valence-electron chi connectivity index (χ2n) is 4.23. The first kappa shape index (κ1) is 11.1. The Morgan fingerprint density at radius 2 is 2.47 bits per heavy atom. The van der Waals surface area contributed by atoms with Gasteiger partial charge in [-0.25, -0.2) is 0 Å². The Morgan fingerprint density at radius 1 is 1.53 bits per heavy atom. The van der Waals surface area contributed by atoms with Gasteiger partial charge in [0, 0.05) is 29.5 Å². The van der Waals surface area contributed by atoms with Crippen molar-refractivity contribution < 1.29 is 4.74 Å². The molecule has 15 heavy (non-hydrogen) atoms. The summed E-state index contributed by atoms with van der Waals surface area (Å²) in [5, 5.41) is 3.52. The van der Waals surface area contributed by atoms with Crippen molar-refractivity contribution in [2.75, 3.05) is 19.8 Å². The van der Waals surface area contributed by atoms with E-state index in [1.165, 1.54) is 22.6 Å². The van der Waals surface area contributed by atoms with Gasteiger partial charge in [-0.3, -0.25) is 0 Å². The number of hydrogen-bond acceptors (Lipinski definition) is 3. The van der Waals surface area contributed by atoms with Crippen LogP contribution in [0.5, 0.6) is 0 Å². The van der Waals surface area contributed by atoms with Crippen molar-refractivity contribution in [3.05, 3.63) is 21.9 Å². The number of hydrogen-bond donors (Lipinski definition) is 1. The molecular formula is C12H19NOS. The molecule has 1 N–H and O–H groups in total. The Hall–Kier alpha value is -0.380. The van der Waals surface area contributed by atoms with E-state index in [-0.39, 0.29) is 0 Å². The summed E-state index contributed by atoms with van der Waals surface area (Å²) in [7, 11) is 0. The first-order valence-corrected chi connectivity index (χ1v) is 6.50. The van der Waals surface area contributed by atoms with Crippen LogP contribution < -0.4 is 5.32 Å². The SMILES string of the molecule is Cc1ccc(CNCC2CCCOC2)s1. The molecule has 1 atom stereocenters. The van der Waals surface area contributed by atoms with Gasteiger partial charge < -0.3 is 10.1 Å². The third-order valence-electron chi connectivity index (χ3n) is 2.78. The van der Waals surface area contributed by atoms with Gasteiger partial charge in [-0.15, -0.1) is 11.3 Å². The van der Waals surface area contributed by atoms with Crippen LogP contribution in [0.1, 0.15) is 22.6 Å². The molecule has 0 amide bonds. The van der Waals surface area contributed by atoms with Crippen molar-refractivity contribution in [2.24, 2.45) is 5.92 Å². The fourth-order valence-corrected chi connectivity index (χ4v) is 2.81. The van der Waals surface area contributed by atoms with Crippen LogP contribution in [0.25, 0.3) is 0 Å². The van der Waals surface area contributed by atoms with E-state index in [1.807, 2.05) is 11.3 Å². The molecule has 1 fully saturated rings. The lowest BCUT2D eigenvalue weighted by molar-refractivity contribution is 0.0548. The van der Waals surface area contributed by atoms with Crippen LogP contribution in [0.3, 0.4) is 0 Å². The Balaban J connectivity index is 1.65. The highest BCUT2D eigenvalue weighted by Crippen LogP contribution is 2.15. The van der Waals surface area contributed by atoms with Gasteiger partial charge in [-0.05, 0) is 37.8 Å². The maximum absolute atomic E-state index is 5.45. The molecule has 0 spiro atoms. The minimum Gasteiger partial charge on any atom is -0.381 e. The highest BCUT2D eigenvalue weighted by atomic mass is 32.1. The van der Waals surface area contributed by atoms with Crippen molar-refractivity contribution in [3.63, 3.8) is 0 Å². The molecule has 0 aromatic carbocycles. The highest BCUT2D eigenvalue weighted by Gasteiger charge is 2.12. The summed E-state index contributed by atoms with van der Waals surface area (Å²) in [6.07, 6.45) is 2.54. The first-order valence-electron chi connectivity index (χ1n) is 5.68. The second-order valence-corrected chi connectivity index (χ2v) is 5.60. The molecule has 1 saturated heterocycles. The summed E-state index contributed by atoms with van der Waals surface area (Å²) < 4.78 is 5.45. The van der Waals surface area contributed by atoms with Crippen LogP contribution >= 0.6 is 11.3 Å². The minimum absolute atomic E-state index is 0.722. The number of nitrogens with one attached hydrogen (secondary N) is 1. The number of ether oxygens (including phenoxy) is 1. The van der Waals surface area contributed by atoms with Crippen LogP contribution in [0, 0.1) is 12.8 Å². The molecule has 2 heterocycles. The zero-order valence-corrected chi connectivity index (χ0v) is 10.1. The van der Waals surface area contributed by atoms with E-state index in [1.54, 1.807) is 0 Å². The number of rotatable bonds is 4. The topological polar surface area (TPSA) is 21.3 Å². The summed E-state index contributed by atoms with van der Waals surface area (Å²) in [5.41, 5.74) is 0. The monoisotopic (exact) mass is 225 g/mol. The summed E-state index contributed by atoms with van der Waals surface area (Å²) in [6, 6.07) is 4.40. The molecule has 0 saturated carbocycles. The van der Waals surface area contributed by atoms with E-state index in [2.05, 4.69) is 24.4 Å². The maximum Gasteiger partial charge on any atom is 0.0506 e. The Morgan fingerprint density at radius 3 is 3.13 bits per heavy atom. The molecule has 0 radical (unpaired) electrons. The van der Waals surface area contributed by atoms with Crippen LogP contribution in [0.2, 0.25) is 0 Å². The zero-order valence-electron chi connectivity index (χ0n) is 9.29. The molecule has 1 unspecified atom stereocenters. The molecule has 2 nitrogen and oxygen atoms in total. The number of aryl methyl sites for hydroxylation is 1. The quantitative estimate of drug-likeness (QED) is 0.850. The molecule has 1 aromatic rings. The third-order valence-corrected chi connectivity index (χ3v) is 3.78. The van der Waals surface area contributed by atoms with Gasteiger partial charge in [-0.1, -0.05) is 0 Å². The van der Waals surface area contributed by atoms with Gasteiger partial charge in [0.1, 0.15) is 0 Å². The normalized spacial score (nSPS) is 21.8. The highest BCUT2D eigenvalue weighted by molar-refractivity contribution is 7.11. The van der Waals surface area contributed by atoms with E-state index < -0.39 is 0 Å². The fourth-order valence-electron chi connectivity index (χ4n) is 1.95. The van der Waals surface area contributed by atoms with Gasteiger partial charge >= 0.3 is 0 Å². The largest absolute Gasteiger partial charge is 0.381 e. The fraction of sp³-hybridized carbons (Fsp3) is 0.667. The zero-order chi connectivity index (χ0) is 10.5. The van der Waals surface area contributed by atoms with Crippen molar-refractivity contribution in [1.29, 1.82) is 0 Å². The lowest BCUT2D eigenvalue weighted by Crippen LogP contribution is -2.28. The van der Waals surface area contributed by atoms with Crippen LogP contribution in [0.4, 0.5) is 0 Å². The summed E-state index contributed by atoms with van der Waals surface area (Å²) in [4.78, 5) is 2.83. The summed E-state index contributed by atoms with van der Waals surface area (Å²) in [5.74, 6) is 0.722. The molecule has 1 aliphatic heterocycles. The van der Waals surface area contributed by atoms with E-state index >= 15 is 0 Å². The molecule has 84 valence electrons. The summed E-state index contributed by atoms with van der Waals surface area (Å²) in [6.45, 7) is 6.16. The van der Waals surface area contributed by atoms with E-state index in [0.29, 0.717) is 0 Å². The first-order chi connectivity index (χ1) is 7.34. The van der Waals surface area contributed by atoms with Crippen LogP contribution in [-0.4, -0.2) is 19.8 Å². The lowest BCUT2D eigenvalue weighted by Gasteiger charge is -2.22. The predicted molar refractivity (Wildman–Crippen MR) is 64.3 cm³/mol. The second kappa shape index (κ2) is 5.64. The Kier molecular flexibility index (Phi) is 4.18. The summed E-state index contributed by atoms with van der Waals surface area (Å²) >= 11 is 1.88. The molecular weight excluding hydrogens is 206 g/mol. The lowest BCUT2D eigenvalue weighted by atomic mass is 10.0. The van der Waals surface area contributed by atoms with Crippen molar-refractivity contribution in [2.45, 2.75) is 26.3 Å². The standard InChI is InChI=1S/C12H19NOS/c1-10-4-5-12(15-10)8-13-7-11-3-2-6-14-9-11/h4-5,11,13H,2-3,6-9H2,1H3. The molecule has 0 bridgehead atoms. The van der Waals surface area contributed by atoms with Gasteiger partial charge in [0.25, 0.3) is 0 Å². The Bertz CT molecular complexity index is 292. The van der Waals surface area contributed by atoms with E-state index in [4.69, 9.17) is 4.74 Å². The van der Waals surface area contributed by atoms with Crippen LogP contribution in [-0.2, 0) is 11.3 Å². The smallest absolute Gasteiger partial charge is 0.0506 e. The minimum atomic E-state index is 0.722. The average molecular weight is 225 g/mol. The molecule has 0 aliphatic carbocycles. The van der Waals surface area contributed by atoms with Crippen molar-refractivity contribution in [3.8, 4) is 0 Å². The van der Waals surface area contributed by atoms with E-state index in [9.17, 15) is 0 Å². The van der Waals surface area contributed by atoms with Gasteiger partial charge in [0.15, 0.2) is 0 Å². The predicted octanol–water partition coefficient (Wildman–Crippen LogP) is 2.57. The molecule has 1 aliphatic rings. The van der Waals surface area contributed by atoms with E-state index in [0.717, 1.165) is 32.2 Å². The van der Waals surface area contributed by atoms with Gasteiger partial charge in [0.2, 0.25) is 0 Å². The third kappa shape index (κ3) is 3.59. The van der Waals surface area contributed by atoms with Crippen molar-refractivity contribution in [1.82, 2.24) is 5.32 Å². The molecule has 1 aromatic heterocycles. The van der Waals surface area contributed by atoms with Crippen molar-refractivity contribution >= 4 is 11.3 Å². The average Bonchev–Trinajstić information content (AvgIpc) is 2.66. The van der Waals surface area contributed by atoms with Gasteiger partial charge in [0.05, 0.1) is 6.61 Å². The van der Waals surface area contributed by atoms with Crippen LogP contribution in [0.15, 0.2) is 12.1 Å². The van der Waals surface area contributed by atoms with Gasteiger partial charge in [-0.2, -0.15) is 0 Å². The molecule has 3 heteroatoms. The molecule has 2 rings (SSSR count). The number of thiophene rings is 1. The maximum atomic E-state index is 5.45.